The average molecular weight is 802 g/mol. The van der Waals surface area contributed by atoms with E-state index in [-0.39, 0.29) is 54.9 Å². The normalized spacial score (nSPS) is 42.4. The Balaban J connectivity index is 1.79. The predicted molar refractivity (Wildman–Crippen MR) is 219 cm³/mol. The van der Waals surface area contributed by atoms with Gasteiger partial charge in [-0.3, -0.25) is 14.4 Å². The molecule has 1 unspecified atom stereocenters. The van der Waals surface area contributed by atoms with Crippen molar-refractivity contribution in [1.29, 1.82) is 0 Å². The van der Waals surface area contributed by atoms with E-state index in [1.807, 2.05) is 32.9 Å². The van der Waals surface area contributed by atoms with Crippen LogP contribution in [0.25, 0.3) is 0 Å². The highest BCUT2D eigenvalue weighted by molar-refractivity contribution is 6.39. The molecular formula is C46H75NO10. The number of esters is 1. The quantitative estimate of drug-likeness (QED) is 0.147. The number of aliphatic hydroxyl groups excluding tert-OH is 2. The number of hydrogen-bond donors (Lipinski definition) is 3. The van der Waals surface area contributed by atoms with Crippen LogP contribution < -0.4 is 0 Å². The zero-order valence-corrected chi connectivity index (χ0v) is 36.6. The monoisotopic (exact) mass is 802 g/mol. The number of carbonyl (C=O) groups is 4. The SMILES string of the molecule is CC[C@H]1C[C@@H](C)C/C(C)=C/[C@@H](CC)C(=O)C[C@H](O)[C@@H](C)[C@@H](/C(C)=C/[C@@]2(C)CC[C@@H](O)[C@H](OC)C2)OC(=O)C2CCCCN2C(=O)C(=O)[C@]2(O)O[C@H]1[C@@H](CC)C[C@H]2C. The Hall–Kier alpha value is -2.44. The number of ether oxygens (including phenoxy) is 3. The molecule has 1 saturated carbocycles. The molecule has 11 heteroatoms. The lowest BCUT2D eigenvalue weighted by molar-refractivity contribution is -0.285. The largest absolute Gasteiger partial charge is 0.456 e. The van der Waals surface area contributed by atoms with Gasteiger partial charge in [-0.2, -0.15) is 0 Å². The van der Waals surface area contributed by atoms with Crippen molar-refractivity contribution in [3.8, 4) is 0 Å². The highest BCUT2D eigenvalue weighted by atomic mass is 16.6. The maximum Gasteiger partial charge on any atom is 0.329 e. The third-order valence-electron chi connectivity index (χ3n) is 14.1. The summed E-state index contributed by atoms with van der Waals surface area (Å²) in [5.41, 5.74) is 1.34. The Morgan fingerprint density at radius 3 is 2.26 bits per heavy atom. The van der Waals surface area contributed by atoms with E-state index in [0.717, 1.165) is 31.3 Å². The van der Waals surface area contributed by atoms with Crippen LogP contribution in [-0.2, 0) is 33.4 Å². The van der Waals surface area contributed by atoms with Gasteiger partial charge in [0.15, 0.2) is 0 Å². The lowest BCUT2D eigenvalue weighted by Crippen LogP contribution is -2.62. The molecule has 57 heavy (non-hydrogen) atoms. The number of aliphatic hydroxyl groups is 3. The molecule has 3 N–H and O–H groups in total. The van der Waals surface area contributed by atoms with Crippen molar-refractivity contribution in [1.82, 2.24) is 4.90 Å². The topological polar surface area (TPSA) is 160 Å². The van der Waals surface area contributed by atoms with Crippen LogP contribution in [0.4, 0.5) is 0 Å². The van der Waals surface area contributed by atoms with Gasteiger partial charge in [0, 0.05) is 37.8 Å². The first kappa shape index (κ1) is 47.2. The van der Waals surface area contributed by atoms with Crippen molar-refractivity contribution in [2.24, 2.45) is 40.9 Å². The second-order valence-electron chi connectivity index (χ2n) is 18.7. The maximum atomic E-state index is 14.4. The number of fused-ring (bicyclic) bond motifs is 3. The van der Waals surface area contributed by atoms with Crippen LogP contribution in [0.3, 0.4) is 0 Å². The summed E-state index contributed by atoms with van der Waals surface area (Å²) in [7, 11) is 1.58. The van der Waals surface area contributed by atoms with Gasteiger partial charge in [-0.05, 0) is 107 Å². The fourth-order valence-electron chi connectivity index (χ4n) is 10.5. The molecule has 4 rings (SSSR count). The van der Waals surface area contributed by atoms with Crippen LogP contribution in [0.1, 0.15) is 146 Å². The molecule has 0 radical (unpaired) electrons. The number of Topliss-reactive ketones (excluding diaryl/α,β-unsaturated/α-hetero) is 2. The second kappa shape index (κ2) is 20.2. The molecule has 11 nitrogen and oxygen atoms in total. The Bertz CT molecular complexity index is 1480. The smallest absolute Gasteiger partial charge is 0.329 e. The molecule has 3 heterocycles. The van der Waals surface area contributed by atoms with Crippen molar-refractivity contribution >= 4 is 23.4 Å². The zero-order valence-electron chi connectivity index (χ0n) is 36.6. The van der Waals surface area contributed by atoms with Gasteiger partial charge in [0.25, 0.3) is 11.7 Å². The minimum atomic E-state index is -2.34. The molecule has 0 aromatic rings. The van der Waals surface area contributed by atoms with Crippen LogP contribution in [0, 0.1) is 40.9 Å². The van der Waals surface area contributed by atoms with Crippen LogP contribution in [-0.4, -0.2) is 99.7 Å². The van der Waals surface area contributed by atoms with Crippen LogP contribution >= 0.6 is 0 Å². The van der Waals surface area contributed by atoms with E-state index in [2.05, 4.69) is 27.7 Å². The van der Waals surface area contributed by atoms with E-state index in [1.165, 1.54) is 4.90 Å². The average Bonchev–Trinajstić information content (AvgIpc) is 3.18. The van der Waals surface area contributed by atoms with Gasteiger partial charge in [0.05, 0.1) is 24.4 Å². The Kier molecular flexibility index (Phi) is 16.8. The summed E-state index contributed by atoms with van der Waals surface area (Å²) in [5, 5.41) is 34.4. The molecule has 2 bridgehead atoms. The highest BCUT2D eigenvalue weighted by Crippen LogP contribution is 2.44. The molecule has 1 amide bonds. The maximum absolute atomic E-state index is 14.4. The van der Waals surface area contributed by atoms with Gasteiger partial charge in [-0.1, -0.05) is 79.0 Å². The first-order valence-electron chi connectivity index (χ1n) is 22.1. The number of nitrogens with zero attached hydrogens (tertiary/aromatic N) is 1. The summed E-state index contributed by atoms with van der Waals surface area (Å²) in [4.78, 5) is 58.1. The summed E-state index contributed by atoms with van der Waals surface area (Å²) in [6, 6.07) is -1.09. The Labute approximate surface area is 342 Å². The predicted octanol–water partition coefficient (Wildman–Crippen LogP) is 6.89. The van der Waals surface area contributed by atoms with Gasteiger partial charge >= 0.3 is 5.97 Å². The van der Waals surface area contributed by atoms with Crippen LogP contribution in [0.15, 0.2) is 23.3 Å². The number of rotatable bonds is 6. The molecule has 0 aromatic heterocycles. The summed E-state index contributed by atoms with van der Waals surface area (Å²) >= 11 is 0. The Morgan fingerprint density at radius 1 is 0.965 bits per heavy atom. The summed E-state index contributed by atoms with van der Waals surface area (Å²) < 4.78 is 18.4. The first-order valence-corrected chi connectivity index (χ1v) is 22.1. The minimum Gasteiger partial charge on any atom is -0.456 e. The molecular weight excluding hydrogens is 727 g/mol. The van der Waals surface area contributed by atoms with Crippen molar-refractivity contribution < 1.29 is 48.7 Å². The lowest BCUT2D eigenvalue weighted by atomic mass is 9.71. The van der Waals surface area contributed by atoms with Gasteiger partial charge < -0.3 is 34.4 Å². The number of carbonyl (C=O) groups excluding carboxylic acids is 4. The van der Waals surface area contributed by atoms with E-state index in [9.17, 15) is 34.5 Å². The molecule has 3 fully saturated rings. The molecule has 0 spiro atoms. The Morgan fingerprint density at radius 2 is 1.63 bits per heavy atom. The minimum absolute atomic E-state index is 0.0151. The first-order chi connectivity index (χ1) is 26.8. The molecule has 0 aromatic carbocycles. The van der Waals surface area contributed by atoms with Gasteiger partial charge in [0.1, 0.15) is 17.9 Å². The standard InChI is InChI=1S/C46H75NO10/c1-11-32-21-27(4)20-28(5)22-33(12-2)41-34(13-3)23-30(7)46(54,57-41)42(51)43(52)47-19-15-14-16-35(47)44(53)56-40(31(8)37(49)24-38(32)50)29(6)25-45(9)18-17-36(48)39(26-45)55-10/h21,25,28,30-37,39-41,48-49,54H,11-20,22-24,26H2,1-10H3/b27-21+,29-25+/t28-,30+,31+,32+,33-,34-,35?,36+,37-,39+,40+,41+,45+,46+/m0/s1. The molecule has 4 aliphatic rings. The van der Waals surface area contributed by atoms with Gasteiger partial charge in [-0.15, -0.1) is 0 Å². The lowest BCUT2D eigenvalue weighted by Gasteiger charge is -2.48. The van der Waals surface area contributed by atoms with Crippen molar-refractivity contribution in [3.63, 3.8) is 0 Å². The molecule has 3 aliphatic heterocycles. The molecule has 14 atom stereocenters. The van der Waals surface area contributed by atoms with Crippen LogP contribution in [0.5, 0.6) is 0 Å². The number of methoxy groups -OCH3 is 1. The van der Waals surface area contributed by atoms with E-state index in [0.29, 0.717) is 50.5 Å². The zero-order chi connectivity index (χ0) is 42.4. The number of amides is 1. The van der Waals surface area contributed by atoms with E-state index in [4.69, 9.17) is 14.2 Å². The van der Waals surface area contributed by atoms with Crippen molar-refractivity contribution in [3.05, 3.63) is 23.3 Å². The van der Waals surface area contributed by atoms with E-state index < -0.39 is 71.2 Å². The van der Waals surface area contributed by atoms with Crippen molar-refractivity contribution in [2.45, 2.75) is 188 Å². The number of cyclic esters (lactones) is 1. The third kappa shape index (κ3) is 11.0. The highest BCUT2D eigenvalue weighted by Gasteiger charge is 2.55. The summed E-state index contributed by atoms with van der Waals surface area (Å²) in [6.07, 6.45) is 7.81. The third-order valence-corrected chi connectivity index (χ3v) is 14.1. The van der Waals surface area contributed by atoms with Crippen LogP contribution in [0.2, 0.25) is 0 Å². The molecule has 2 saturated heterocycles. The number of ketones is 2. The van der Waals surface area contributed by atoms with E-state index in [1.54, 1.807) is 21.0 Å². The van der Waals surface area contributed by atoms with Gasteiger partial charge in [0.2, 0.25) is 5.79 Å². The summed E-state index contributed by atoms with van der Waals surface area (Å²) in [5.74, 6) is -6.57. The number of allylic oxidation sites excluding steroid dienone is 3. The number of piperidine rings is 1. The fraction of sp³-hybridized carbons (Fsp3) is 0.826. The fourth-order valence-corrected chi connectivity index (χ4v) is 10.5. The second-order valence-corrected chi connectivity index (χ2v) is 18.7. The summed E-state index contributed by atoms with van der Waals surface area (Å²) in [6.45, 7) is 17.9. The van der Waals surface area contributed by atoms with E-state index >= 15 is 0 Å². The van der Waals surface area contributed by atoms with Crippen molar-refractivity contribution in [2.75, 3.05) is 13.7 Å². The van der Waals surface area contributed by atoms with Gasteiger partial charge in [-0.25, -0.2) is 4.79 Å². The molecule has 1 aliphatic carbocycles. The molecule has 324 valence electrons. The number of hydrogen-bond acceptors (Lipinski definition) is 10.